The number of hydrogen-bond donors (Lipinski definition) is 1. The van der Waals surface area contributed by atoms with Crippen LogP contribution in [0.15, 0.2) is 48.5 Å². The molecule has 1 aliphatic heterocycles. The molecule has 0 spiro atoms. The Hall–Kier alpha value is -1.98. The Kier molecular flexibility index (Phi) is 6.22. The van der Waals surface area contributed by atoms with Crippen molar-refractivity contribution in [3.8, 4) is 0 Å². The van der Waals surface area contributed by atoms with Gasteiger partial charge < -0.3 is 14.9 Å². The van der Waals surface area contributed by atoms with Crippen molar-refractivity contribution >= 4 is 5.69 Å². The quantitative estimate of drug-likeness (QED) is 0.844. The minimum absolute atomic E-state index is 0.444. The molecule has 0 amide bonds. The second-order valence-corrected chi connectivity index (χ2v) is 7.01. The number of anilines is 1. The van der Waals surface area contributed by atoms with Gasteiger partial charge in [-0.05, 0) is 44.0 Å². The van der Waals surface area contributed by atoms with Crippen LogP contribution in [0.2, 0.25) is 0 Å². The fraction of sp³-hybridized carbons (Fsp3) is 0.429. The molecule has 3 rings (SSSR count). The van der Waals surface area contributed by atoms with Gasteiger partial charge in [0.05, 0.1) is 6.10 Å². The molecule has 1 unspecified atom stereocenters. The van der Waals surface area contributed by atoms with Gasteiger partial charge in [0.25, 0.3) is 0 Å². The lowest BCUT2D eigenvalue weighted by atomic mass is 10.0. The van der Waals surface area contributed by atoms with Crippen LogP contribution in [0.5, 0.6) is 0 Å². The SMILES string of the molecule is CN(CCC(O)c1ccccc1)C1CCN(c2ccc(F)c(F)c2)CC1. The molecule has 26 heavy (non-hydrogen) atoms. The zero-order valence-corrected chi connectivity index (χ0v) is 15.1. The highest BCUT2D eigenvalue weighted by atomic mass is 19.2. The van der Waals surface area contributed by atoms with Crippen LogP contribution in [-0.4, -0.2) is 42.7 Å². The first-order chi connectivity index (χ1) is 12.5. The van der Waals surface area contributed by atoms with E-state index in [0.717, 1.165) is 43.7 Å². The van der Waals surface area contributed by atoms with Gasteiger partial charge in [-0.1, -0.05) is 30.3 Å². The van der Waals surface area contributed by atoms with Crippen molar-refractivity contribution in [2.45, 2.75) is 31.4 Å². The van der Waals surface area contributed by atoms with E-state index in [2.05, 4.69) is 16.8 Å². The van der Waals surface area contributed by atoms with Crippen LogP contribution in [0.25, 0.3) is 0 Å². The van der Waals surface area contributed by atoms with Crippen molar-refractivity contribution in [2.75, 3.05) is 31.6 Å². The monoisotopic (exact) mass is 360 g/mol. The lowest BCUT2D eigenvalue weighted by Gasteiger charge is -2.38. The summed E-state index contributed by atoms with van der Waals surface area (Å²) in [5.74, 6) is -1.60. The normalized spacial score (nSPS) is 16.9. The molecule has 3 nitrogen and oxygen atoms in total. The summed E-state index contributed by atoms with van der Waals surface area (Å²) in [7, 11) is 2.09. The summed E-state index contributed by atoms with van der Waals surface area (Å²) >= 11 is 0. The van der Waals surface area contributed by atoms with E-state index in [1.807, 2.05) is 30.3 Å². The van der Waals surface area contributed by atoms with E-state index in [0.29, 0.717) is 12.5 Å². The molecule has 0 aliphatic carbocycles. The summed E-state index contributed by atoms with van der Waals surface area (Å²) in [4.78, 5) is 4.40. The third-order valence-electron chi connectivity index (χ3n) is 5.30. The number of nitrogens with zero attached hydrogens (tertiary/aromatic N) is 2. The van der Waals surface area contributed by atoms with Crippen molar-refractivity contribution < 1.29 is 13.9 Å². The van der Waals surface area contributed by atoms with Crippen LogP contribution in [0.3, 0.4) is 0 Å². The Balaban J connectivity index is 1.47. The first-order valence-corrected chi connectivity index (χ1v) is 9.18. The summed E-state index contributed by atoms with van der Waals surface area (Å²) in [5.41, 5.74) is 1.69. The minimum atomic E-state index is -0.805. The average molecular weight is 360 g/mol. The standard InChI is InChI=1S/C21H26F2N2O/c1-24(12-11-21(26)16-5-3-2-4-6-16)17-9-13-25(14-10-17)18-7-8-19(22)20(23)15-18/h2-8,15,17,21,26H,9-14H2,1H3. The number of benzene rings is 2. The largest absolute Gasteiger partial charge is 0.388 e. The third-order valence-corrected chi connectivity index (χ3v) is 5.30. The van der Waals surface area contributed by atoms with Gasteiger partial charge in [-0.15, -0.1) is 0 Å². The third kappa shape index (κ3) is 4.59. The zero-order valence-electron chi connectivity index (χ0n) is 15.1. The maximum Gasteiger partial charge on any atom is 0.160 e. The van der Waals surface area contributed by atoms with Crippen LogP contribution >= 0.6 is 0 Å². The van der Waals surface area contributed by atoms with Crippen LogP contribution < -0.4 is 4.90 Å². The molecule has 1 aliphatic rings. The predicted molar refractivity (Wildman–Crippen MR) is 100 cm³/mol. The summed E-state index contributed by atoms with van der Waals surface area (Å²) in [6.07, 6.45) is 2.19. The van der Waals surface area contributed by atoms with Gasteiger partial charge in [-0.25, -0.2) is 8.78 Å². The van der Waals surface area contributed by atoms with E-state index in [9.17, 15) is 13.9 Å². The number of piperidine rings is 1. The molecule has 1 fully saturated rings. The highest BCUT2D eigenvalue weighted by Gasteiger charge is 2.23. The molecular weight excluding hydrogens is 334 g/mol. The second kappa shape index (κ2) is 8.60. The van der Waals surface area contributed by atoms with Crippen molar-refractivity contribution in [2.24, 2.45) is 0 Å². The summed E-state index contributed by atoms with van der Waals surface area (Å²) in [5, 5.41) is 10.3. The Morgan fingerprint density at radius 1 is 1.08 bits per heavy atom. The molecular formula is C21H26F2N2O. The topological polar surface area (TPSA) is 26.7 Å². The summed E-state index contributed by atoms with van der Waals surface area (Å²) in [6.45, 7) is 2.47. The first-order valence-electron chi connectivity index (χ1n) is 9.18. The maximum atomic E-state index is 13.4. The summed E-state index contributed by atoms with van der Waals surface area (Å²) < 4.78 is 26.5. The molecule has 1 saturated heterocycles. The van der Waals surface area contributed by atoms with Gasteiger partial charge in [0.15, 0.2) is 11.6 Å². The summed E-state index contributed by atoms with van der Waals surface area (Å²) in [6, 6.07) is 14.3. The molecule has 5 heteroatoms. The van der Waals surface area contributed by atoms with Crippen molar-refractivity contribution in [3.63, 3.8) is 0 Å². The Morgan fingerprint density at radius 3 is 2.42 bits per heavy atom. The zero-order chi connectivity index (χ0) is 18.5. The van der Waals surface area contributed by atoms with Crippen LogP contribution in [0.1, 0.15) is 30.9 Å². The Labute approximate surface area is 153 Å². The Bertz CT molecular complexity index is 702. The number of aliphatic hydroxyl groups is 1. The maximum absolute atomic E-state index is 13.4. The van der Waals surface area contributed by atoms with Crippen molar-refractivity contribution in [3.05, 3.63) is 65.7 Å². The second-order valence-electron chi connectivity index (χ2n) is 7.01. The molecule has 1 atom stereocenters. The van der Waals surface area contributed by atoms with Crippen LogP contribution in [-0.2, 0) is 0 Å². The van der Waals surface area contributed by atoms with Gasteiger partial charge in [0.2, 0.25) is 0 Å². The molecule has 0 aromatic heterocycles. The lowest BCUT2D eigenvalue weighted by molar-refractivity contribution is 0.129. The number of aliphatic hydroxyl groups excluding tert-OH is 1. The van der Waals surface area contributed by atoms with E-state index in [1.165, 1.54) is 12.1 Å². The van der Waals surface area contributed by atoms with Gasteiger partial charge in [0, 0.05) is 37.4 Å². The molecule has 140 valence electrons. The fourth-order valence-electron chi connectivity index (χ4n) is 3.60. The van der Waals surface area contributed by atoms with Gasteiger partial charge in [-0.2, -0.15) is 0 Å². The molecule has 1 N–H and O–H groups in total. The first kappa shape index (κ1) is 18.8. The van der Waals surface area contributed by atoms with Crippen molar-refractivity contribution in [1.29, 1.82) is 0 Å². The van der Waals surface area contributed by atoms with Gasteiger partial charge >= 0.3 is 0 Å². The highest BCUT2D eigenvalue weighted by Crippen LogP contribution is 2.24. The molecule has 2 aromatic rings. The van der Waals surface area contributed by atoms with E-state index < -0.39 is 17.7 Å². The molecule has 0 bridgehead atoms. The van der Waals surface area contributed by atoms with Crippen LogP contribution in [0.4, 0.5) is 14.5 Å². The number of hydrogen-bond acceptors (Lipinski definition) is 3. The van der Waals surface area contributed by atoms with Crippen molar-refractivity contribution in [1.82, 2.24) is 4.90 Å². The smallest absolute Gasteiger partial charge is 0.160 e. The number of halogens is 2. The van der Waals surface area contributed by atoms with E-state index in [-0.39, 0.29) is 0 Å². The predicted octanol–water partition coefficient (Wildman–Crippen LogP) is 3.99. The molecule has 2 aromatic carbocycles. The molecule has 1 heterocycles. The molecule has 0 saturated carbocycles. The molecule has 0 radical (unpaired) electrons. The van der Waals surface area contributed by atoms with E-state index in [1.54, 1.807) is 6.07 Å². The fourth-order valence-corrected chi connectivity index (χ4v) is 3.60. The lowest BCUT2D eigenvalue weighted by Crippen LogP contribution is -2.44. The Morgan fingerprint density at radius 2 is 1.77 bits per heavy atom. The minimum Gasteiger partial charge on any atom is -0.388 e. The van der Waals surface area contributed by atoms with E-state index >= 15 is 0 Å². The highest BCUT2D eigenvalue weighted by molar-refractivity contribution is 5.47. The van der Waals surface area contributed by atoms with Gasteiger partial charge in [-0.3, -0.25) is 0 Å². The van der Waals surface area contributed by atoms with E-state index in [4.69, 9.17) is 0 Å². The average Bonchev–Trinajstić information content (AvgIpc) is 2.69. The van der Waals surface area contributed by atoms with Gasteiger partial charge in [0.1, 0.15) is 0 Å². The van der Waals surface area contributed by atoms with Crippen LogP contribution in [0, 0.1) is 11.6 Å². The number of rotatable bonds is 6.